The fourth-order valence-electron chi connectivity index (χ4n) is 8.46. The first kappa shape index (κ1) is 32.6. The second kappa shape index (κ2) is 12.6. The Bertz CT molecular complexity index is 2130. The van der Waals surface area contributed by atoms with E-state index in [0.29, 0.717) is 11.5 Å². The number of rotatable bonds is 6. The van der Waals surface area contributed by atoms with Gasteiger partial charge in [-0.1, -0.05) is 38.5 Å². The molecule has 2 fully saturated rings. The lowest BCUT2D eigenvalue weighted by atomic mass is 9.68. The van der Waals surface area contributed by atoms with Crippen molar-refractivity contribution in [1.29, 1.82) is 10.5 Å². The molecule has 0 unspecified atom stereocenters. The highest BCUT2D eigenvalue weighted by molar-refractivity contribution is 7.24. The van der Waals surface area contributed by atoms with Crippen molar-refractivity contribution in [1.82, 2.24) is 9.97 Å². The van der Waals surface area contributed by atoms with Gasteiger partial charge in [-0.25, -0.2) is 30.2 Å². The molecule has 50 heavy (non-hydrogen) atoms. The number of thiophene rings is 2. The Balaban J connectivity index is 1.31. The first-order valence-electron chi connectivity index (χ1n) is 16.6. The van der Waals surface area contributed by atoms with Gasteiger partial charge in [-0.2, -0.15) is 0 Å². The molecule has 4 heterocycles. The van der Waals surface area contributed by atoms with Gasteiger partial charge >= 0.3 is 0 Å². The van der Waals surface area contributed by atoms with E-state index in [2.05, 4.69) is 9.69 Å². The normalized spacial score (nSPS) is 18.6. The molecule has 2 spiro atoms. The van der Waals surface area contributed by atoms with E-state index in [1.807, 2.05) is 24.3 Å². The summed E-state index contributed by atoms with van der Waals surface area (Å²) in [5, 5.41) is 20.6. The van der Waals surface area contributed by atoms with E-state index in [9.17, 15) is 10.5 Å². The summed E-state index contributed by atoms with van der Waals surface area (Å²) in [6.45, 7) is 14.7. The van der Waals surface area contributed by atoms with Gasteiger partial charge in [0.15, 0.2) is 0 Å². The predicted octanol–water partition coefficient (Wildman–Crippen LogP) is 11.0. The summed E-state index contributed by atoms with van der Waals surface area (Å²) in [5.41, 5.74) is 5.10. The average Bonchev–Trinajstić information content (AvgIpc) is 3.99. The molecular weight excluding hydrogens is 701 g/mol. The summed E-state index contributed by atoms with van der Waals surface area (Å²) in [6, 6.07) is 7.75. The average molecular weight is 731 g/mol. The van der Waals surface area contributed by atoms with E-state index >= 15 is 0 Å². The van der Waals surface area contributed by atoms with Crippen molar-refractivity contribution in [3.8, 4) is 43.4 Å². The minimum atomic E-state index is -0.173. The van der Waals surface area contributed by atoms with Crippen molar-refractivity contribution in [3.63, 3.8) is 0 Å². The molecule has 0 bridgehead atoms. The quantitative estimate of drug-likeness (QED) is 0.145. The first-order chi connectivity index (χ1) is 24.4. The van der Waals surface area contributed by atoms with Crippen LogP contribution in [0.25, 0.3) is 52.8 Å². The van der Waals surface area contributed by atoms with Crippen molar-refractivity contribution >= 4 is 68.6 Å². The molecule has 4 aromatic rings. The third kappa shape index (κ3) is 4.82. The fraction of sp³-hybridized carbons (Fsp3) is 0.368. The minimum absolute atomic E-state index is 0.0457. The maximum atomic E-state index is 9.38. The summed E-state index contributed by atoms with van der Waals surface area (Å²) in [7, 11) is 3.32. The summed E-state index contributed by atoms with van der Waals surface area (Å²) >= 11 is 6.58. The summed E-state index contributed by atoms with van der Waals surface area (Å²) < 4.78 is 11.7. The van der Waals surface area contributed by atoms with Gasteiger partial charge in [-0.05, 0) is 61.1 Å². The molecule has 0 radical (unpaired) electrons. The molecule has 4 aliphatic rings. The molecule has 4 aromatic heterocycles. The van der Waals surface area contributed by atoms with Crippen LogP contribution in [0.4, 0.5) is 0 Å². The number of hydrogen-bond acceptors (Lipinski definition) is 10. The third-order valence-electron chi connectivity index (χ3n) is 10.5. The van der Waals surface area contributed by atoms with Gasteiger partial charge in [-0.3, -0.25) is 0 Å². The summed E-state index contributed by atoms with van der Waals surface area (Å²) in [4.78, 5) is 23.8. The number of ether oxygens (including phenoxy) is 2. The Morgan fingerprint density at radius 2 is 1.08 bits per heavy atom. The summed E-state index contributed by atoms with van der Waals surface area (Å²) in [6.07, 6.45) is 14.5. The molecule has 8 rings (SSSR count). The van der Waals surface area contributed by atoms with Gasteiger partial charge in [0.1, 0.15) is 31.3 Å². The van der Waals surface area contributed by atoms with E-state index in [-0.39, 0.29) is 22.2 Å². The van der Waals surface area contributed by atoms with Crippen molar-refractivity contribution in [3.05, 3.63) is 77.3 Å². The number of nitrogens with zero attached hydrogens (tertiary/aromatic N) is 6. The molecule has 0 amide bonds. The molecule has 8 nitrogen and oxygen atoms in total. The van der Waals surface area contributed by atoms with Crippen LogP contribution in [0.1, 0.15) is 95.1 Å². The number of allylic oxidation sites excluding steroid dienone is 4. The van der Waals surface area contributed by atoms with Crippen LogP contribution in [-0.4, -0.2) is 24.2 Å². The number of fused-ring (bicyclic) bond motifs is 8. The number of hydrogen-bond donors (Lipinski definition) is 0. The Morgan fingerprint density at radius 1 is 0.680 bits per heavy atom. The van der Waals surface area contributed by atoms with Gasteiger partial charge in [0.2, 0.25) is 0 Å². The van der Waals surface area contributed by atoms with E-state index in [1.54, 1.807) is 49.0 Å². The SMILES string of the molecule is [C-]#[N+]/C(C#N)=C\c1cc(OC)c(-c2nc3c(s2)C2=C(c4sc(-c5sc(/C=C(\C#N)[N+]#[C-])cc5OC)nc4C24CCCCC4)C32CCCCC2)s1. The molecule has 0 N–H and O–H groups in total. The highest BCUT2D eigenvalue weighted by Gasteiger charge is 2.60. The van der Waals surface area contributed by atoms with Gasteiger partial charge in [0.05, 0.1) is 60.6 Å². The van der Waals surface area contributed by atoms with Crippen LogP contribution in [-0.2, 0) is 10.8 Å². The zero-order chi connectivity index (χ0) is 34.6. The fourth-order valence-corrected chi connectivity index (χ4v) is 13.4. The molecule has 248 valence electrons. The number of thiazole rings is 2. The zero-order valence-electron chi connectivity index (χ0n) is 27.5. The van der Waals surface area contributed by atoms with E-state index in [4.69, 9.17) is 32.6 Å². The molecule has 0 aromatic carbocycles. The third-order valence-corrected chi connectivity index (χ3v) is 15.1. The van der Waals surface area contributed by atoms with E-state index in [0.717, 1.165) is 80.9 Å². The Kier molecular flexibility index (Phi) is 8.25. The van der Waals surface area contributed by atoms with Gasteiger partial charge in [0, 0.05) is 20.6 Å². The molecule has 4 aliphatic carbocycles. The number of aromatic nitrogens is 2. The van der Waals surface area contributed by atoms with Crippen LogP contribution < -0.4 is 9.47 Å². The monoisotopic (exact) mass is 730 g/mol. The second-order valence-corrected chi connectivity index (χ2v) is 17.2. The van der Waals surface area contributed by atoms with E-state index in [1.165, 1.54) is 67.8 Å². The predicted molar refractivity (Wildman–Crippen MR) is 201 cm³/mol. The lowest BCUT2D eigenvalue weighted by Gasteiger charge is -2.35. The standard InChI is InChI=1S/C38H30N6O2S4/c1-41-21(19-39)15-23-17-25(45-3)29(47-23)35-43-33-31(49-35)27-28(37(33)11-7-5-8-12-37)32-34(38(27)13-9-6-10-14-38)44-36(50-32)30-26(46-4)18-24(48-30)16-22(20-40)42-2/h15-18H,5-14H2,3-4H3/b21-15-,22-16+. The van der Waals surface area contributed by atoms with Crippen LogP contribution >= 0.6 is 45.3 Å². The lowest BCUT2D eigenvalue weighted by Crippen LogP contribution is -2.29. The summed E-state index contributed by atoms with van der Waals surface area (Å²) in [5.74, 6) is 1.42. The van der Waals surface area contributed by atoms with Crippen LogP contribution in [0, 0.1) is 35.8 Å². The highest BCUT2D eigenvalue weighted by Crippen LogP contribution is 2.71. The number of nitriles is 2. The highest BCUT2D eigenvalue weighted by atomic mass is 32.1. The van der Waals surface area contributed by atoms with Crippen molar-refractivity contribution < 1.29 is 9.47 Å². The van der Waals surface area contributed by atoms with Crippen LogP contribution in [0.2, 0.25) is 0 Å². The Hall–Kier alpha value is -4.56. The minimum Gasteiger partial charge on any atom is -0.495 e. The maximum Gasteiger partial charge on any atom is 0.263 e. The number of methoxy groups -OCH3 is 2. The second-order valence-electron chi connectivity index (χ2n) is 13.0. The van der Waals surface area contributed by atoms with Crippen molar-refractivity contribution in [2.75, 3.05) is 14.2 Å². The maximum absolute atomic E-state index is 9.38. The topological polar surface area (TPSA) is 101 Å². The van der Waals surface area contributed by atoms with Crippen molar-refractivity contribution in [2.45, 2.75) is 75.0 Å². The first-order valence-corrected chi connectivity index (χ1v) is 19.8. The molecule has 0 atom stereocenters. The molecular formula is C38H30N6O2S4. The van der Waals surface area contributed by atoms with Crippen LogP contribution in [0.5, 0.6) is 11.5 Å². The molecule has 0 saturated heterocycles. The smallest absolute Gasteiger partial charge is 0.263 e. The lowest BCUT2D eigenvalue weighted by molar-refractivity contribution is 0.366. The zero-order valence-corrected chi connectivity index (χ0v) is 30.8. The van der Waals surface area contributed by atoms with Gasteiger partial charge < -0.3 is 9.47 Å². The van der Waals surface area contributed by atoms with Gasteiger partial charge in [-0.15, -0.1) is 45.3 Å². The Morgan fingerprint density at radius 3 is 1.42 bits per heavy atom. The van der Waals surface area contributed by atoms with Gasteiger partial charge in [0.25, 0.3) is 11.4 Å². The Labute approximate surface area is 306 Å². The largest absolute Gasteiger partial charge is 0.495 e. The van der Waals surface area contributed by atoms with Crippen LogP contribution in [0.3, 0.4) is 0 Å². The molecule has 2 saturated carbocycles. The van der Waals surface area contributed by atoms with Crippen molar-refractivity contribution in [2.24, 2.45) is 0 Å². The van der Waals surface area contributed by atoms with Crippen LogP contribution in [0.15, 0.2) is 23.5 Å². The van der Waals surface area contributed by atoms with E-state index < -0.39 is 0 Å². The molecule has 12 heteroatoms. The molecule has 0 aliphatic heterocycles.